The molecule has 0 bridgehead atoms. The van der Waals surface area contributed by atoms with E-state index in [9.17, 15) is 19.5 Å². The van der Waals surface area contributed by atoms with E-state index in [-0.39, 0.29) is 12.5 Å². The number of alkyl carbamates (subject to hydrolysis) is 2. The monoisotopic (exact) mass is 392 g/mol. The van der Waals surface area contributed by atoms with Gasteiger partial charge in [-0.3, -0.25) is 0 Å². The minimum atomic E-state index is -1.28. The molecule has 1 saturated carbocycles. The molecule has 1 fully saturated rings. The average Bonchev–Trinajstić information content (AvgIpc) is 3.30. The molecule has 154 valence electrons. The smallest absolute Gasteiger partial charge is 0.408 e. The summed E-state index contributed by atoms with van der Waals surface area (Å²) in [6.07, 6.45) is 0.230. The molecule has 2 rings (SSSR count). The van der Waals surface area contributed by atoms with Gasteiger partial charge in [-0.25, -0.2) is 14.4 Å². The second kappa shape index (κ2) is 8.95. The van der Waals surface area contributed by atoms with Gasteiger partial charge in [0.1, 0.15) is 17.7 Å². The van der Waals surface area contributed by atoms with Gasteiger partial charge in [-0.05, 0) is 51.5 Å². The van der Waals surface area contributed by atoms with Crippen LogP contribution in [0, 0.1) is 5.92 Å². The van der Waals surface area contributed by atoms with Crippen molar-refractivity contribution in [3.63, 3.8) is 0 Å². The molecule has 28 heavy (non-hydrogen) atoms. The van der Waals surface area contributed by atoms with Gasteiger partial charge in [0.2, 0.25) is 0 Å². The Bertz CT molecular complexity index is 700. The lowest BCUT2D eigenvalue weighted by Gasteiger charge is -2.22. The second-order valence-corrected chi connectivity index (χ2v) is 7.94. The van der Waals surface area contributed by atoms with E-state index in [1.54, 1.807) is 20.8 Å². The van der Waals surface area contributed by atoms with Gasteiger partial charge in [-0.15, -0.1) is 0 Å². The maximum atomic E-state index is 11.9. The number of carboxylic acid groups (broad SMARTS) is 1. The predicted octanol–water partition coefficient (Wildman–Crippen LogP) is 3.06. The molecule has 2 amide bonds. The van der Waals surface area contributed by atoms with Crippen LogP contribution in [-0.2, 0) is 20.9 Å². The number of benzene rings is 1. The Morgan fingerprint density at radius 3 is 2.46 bits per heavy atom. The molecule has 1 aliphatic rings. The molecular weight excluding hydrogens is 364 g/mol. The SMILES string of the molecule is CC(C)(C)OC(=O)NC1(C(=O)O)CC1CCCNC(=O)OCc1ccccc1. The third-order valence-electron chi connectivity index (χ3n) is 4.42. The summed E-state index contributed by atoms with van der Waals surface area (Å²) in [6, 6.07) is 9.35. The van der Waals surface area contributed by atoms with Gasteiger partial charge in [-0.1, -0.05) is 30.3 Å². The Balaban J connectivity index is 1.67. The van der Waals surface area contributed by atoms with E-state index in [1.807, 2.05) is 30.3 Å². The first-order valence-corrected chi connectivity index (χ1v) is 9.31. The minimum Gasteiger partial charge on any atom is -0.479 e. The number of hydrogen-bond donors (Lipinski definition) is 3. The summed E-state index contributed by atoms with van der Waals surface area (Å²) in [4.78, 5) is 35.2. The van der Waals surface area contributed by atoms with Crippen LogP contribution in [0.3, 0.4) is 0 Å². The standard InChI is InChI=1S/C20H28N2O6/c1-19(2,3)28-18(26)22-20(16(23)24)12-15(20)10-7-11-21-17(25)27-13-14-8-5-4-6-9-14/h4-6,8-9,15H,7,10-13H2,1-3H3,(H,21,25)(H,22,26)(H,23,24). The van der Waals surface area contributed by atoms with Gasteiger partial charge in [-0.2, -0.15) is 0 Å². The van der Waals surface area contributed by atoms with Gasteiger partial charge in [0.15, 0.2) is 0 Å². The molecule has 1 aromatic carbocycles. The number of aliphatic carboxylic acids is 1. The Kier molecular flexibility index (Phi) is 6.88. The summed E-state index contributed by atoms with van der Waals surface area (Å²) in [5, 5.41) is 14.6. The lowest BCUT2D eigenvalue weighted by atomic mass is 10.1. The lowest BCUT2D eigenvalue weighted by Crippen LogP contribution is -2.47. The number of amides is 2. The molecular formula is C20H28N2O6. The van der Waals surface area contributed by atoms with Gasteiger partial charge in [0.05, 0.1) is 0 Å². The first kappa shape index (κ1) is 21.5. The third kappa shape index (κ3) is 6.44. The number of nitrogens with one attached hydrogen (secondary N) is 2. The maximum Gasteiger partial charge on any atom is 0.408 e. The van der Waals surface area contributed by atoms with E-state index in [1.165, 1.54) is 0 Å². The highest BCUT2D eigenvalue weighted by Gasteiger charge is 2.61. The molecule has 1 aliphatic carbocycles. The van der Waals surface area contributed by atoms with Gasteiger partial charge in [0.25, 0.3) is 0 Å². The molecule has 0 aliphatic heterocycles. The highest BCUT2D eigenvalue weighted by atomic mass is 16.6. The number of ether oxygens (including phenoxy) is 2. The number of carbonyl (C=O) groups excluding carboxylic acids is 2. The van der Waals surface area contributed by atoms with Crippen LogP contribution in [0.5, 0.6) is 0 Å². The molecule has 8 heteroatoms. The second-order valence-electron chi connectivity index (χ2n) is 7.94. The predicted molar refractivity (Wildman–Crippen MR) is 102 cm³/mol. The van der Waals surface area contributed by atoms with Gasteiger partial charge < -0.3 is 25.2 Å². The molecule has 2 atom stereocenters. The molecule has 8 nitrogen and oxygen atoms in total. The largest absolute Gasteiger partial charge is 0.479 e. The summed E-state index contributed by atoms with van der Waals surface area (Å²) in [6.45, 7) is 5.70. The number of carbonyl (C=O) groups is 3. The van der Waals surface area contributed by atoms with E-state index >= 15 is 0 Å². The van der Waals surface area contributed by atoms with E-state index in [0.29, 0.717) is 25.8 Å². The molecule has 0 saturated heterocycles. The van der Waals surface area contributed by atoms with Crippen LogP contribution in [-0.4, -0.2) is 40.9 Å². The summed E-state index contributed by atoms with van der Waals surface area (Å²) >= 11 is 0. The van der Waals surface area contributed by atoms with Crippen LogP contribution in [0.2, 0.25) is 0 Å². The Morgan fingerprint density at radius 1 is 1.18 bits per heavy atom. The molecule has 0 spiro atoms. The van der Waals surface area contributed by atoms with Crippen molar-refractivity contribution >= 4 is 18.2 Å². The summed E-state index contributed by atoms with van der Waals surface area (Å²) in [5.74, 6) is -1.27. The highest BCUT2D eigenvalue weighted by Crippen LogP contribution is 2.47. The van der Waals surface area contributed by atoms with Crippen LogP contribution in [0.1, 0.15) is 45.6 Å². The van der Waals surface area contributed by atoms with Crippen molar-refractivity contribution in [2.45, 2.75) is 57.8 Å². The topological polar surface area (TPSA) is 114 Å². The zero-order valence-electron chi connectivity index (χ0n) is 16.5. The Hall–Kier alpha value is -2.77. The molecule has 0 radical (unpaired) electrons. The average molecular weight is 392 g/mol. The van der Waals surface area contributed by atoms with Crippen molar-refractivity contribution in [2.24, 2.45) is 5.92 Å². The Morgan fingerprint density at radius 2 is 1.86 bits per heavy atom. The van der Waals surface area contributed by atoms with Crippen molar-refractivity contribution in [3.05, 3.63) is 35.9 Å². The van der Waals surface area contributed by atoms with Crippen molar-refractivity contribution < 1.29 is 29.0 Å². The zero-order chi connectivity index (χ0) is 20.8. The zero-order valence-corrected chi connectivity index (χ0v) is 16.5. The Labute approximate surface area is 164 Å². The van der Waals surface area contributed by atoms with E-state index in [4.69, 9.17) is 9.47 Å². The van der Waals surface area contributed by atoms with Crippen molar-refractivity contribution in [3.8, 4) is 0 Å². The molecule has 0 heterocycles. The van der Waals surface area contributed by atoms with Crippen LogP contribution in [0.25, 0.3) is 0 Å². The summed E-state index contributed by atoms with van der Waals surface area (Å²) in [5.41, 5.74) is -1.08. The van der Waals surface area contributed by atoms with Crippen molar-refractivity contribution in [2.75, 3.05) is 6.54 Å². The molecule has 3 N–H and O–H groups in total. The number of rotatable bonds is 8. The fraction of sp³-hybridized carbons (Fsp3) is 0.550. The summed E-state index contributed by atoms with van der Waals surface area (Å²) in [7, 11) is 0. The molecule has 1 aromatic rings. The normalized spacial score (nSPS) is 20.8. The van der Waals surface area contributed by atoms with E-state index in [0.717, 1.165) is 5.56 Å². The van der Waals surface area contributed by atoms with E-state index < -0.39 is 29.3 Å². The van der Waals surface area contributed by atoms with Crippen molar-refractivity contribution in [1.29, 1.82) is 0 Å². The fourth-order valence-electron chi connectivity index (χ4n) is 2.95. The lowest BCUT2D eigenvalue weighted by molar-refractivity contribution is -0.141. The first-order chi connectivity index (χ1) is 13.1. The quantitative estimate of drug-likeness (QED) is 0.586. The molecule has 2 unspecified atom stereocenters. The van der Waals surface area contributed by atoms with Gasteiger partial charge in [0, 0.05) is 6.54 Å². The number of hydrogen-bond acceptors (Lipinski definition) is 5. The van der Waals surface area contributed by atoms with Gasteiger partial charge >= 0.3 is 18.2 Å². The van der Waals surface area contributed by atoms with Crippen molar-refractivity contribution in [1.82, 2.24) is 10.6 Å². The maximum absolute atomic E-state index is 11.9. The van der Waals surface area contributed by atoms with Crippen LogP contribution in [0.15, 0.2) is 30.3 Å². The van der Waals surface area contributed by atoms with Crippen LogP contribution >= 0.6 is 0 Å². The third-order valence-corrected chi connectivity index (χ3v) is 4.42. The highest BCUT2D eigenvalue weighted by molar-refractivity contribution is 5.88. The number of carboxylic acids is 1. The van der Waals surface area contributed by atoms with Crippen LogP contribution < -0.4 is 10.6 Å². The summed E-state index contributed by atoms with van der Waals surface area (Å²) < 4.78 is 10.3. The first-order valence-electron chi connectivity index (χ1n) is 9.31. The van der Waals surface area contributed by atoms with Crippen LogP contribution in [0.4, 0.5) is 9.59 Å². The fourth-order valence-corrected chi connectivity index (χ4v) is 2.95. The van der Waals surface area contributed by atoms with E-state index in [2.05, 4.69) is 10.6 Å². The minimum absolute atomic E-state index is 0.192. The molecule has 0 aromatic heterocycles.